The lowest BCUT2D eigenvalue weighted by Crippen LogP contribution is -2.47. The molecule has 5 nitrogen and oxygen atoms in total. The number of benzene rings is 1. The second-order valence-corrected chi connectivity index (χ2v) is 5.86. The van der Waals surface area contributed by atoms with Crippen molar-refractivity contribution >= 4 is 11.7 Å². The maximum Gasteiger partial charge on any atom is 0.319 e. The van der Waals surface area contributed by atoms with Crippen LogP contribution >= 0.6 is 0 Å². The number of likely N-dealkylation sites (tertiary alicyclic amines) is 1. The number of hydrogen-bond donors (Lipinski definition) is 3. The third-order valence-corrected chi connectivity index (χ3v) is 4.04. The maximum absolute atomic E-state index is 13.5. The molecular weight excluding hydrogens is 304 g/mol. The number of carbonyl (C=O) groups is 1. The number of urea groups is 1. The molecule has 1 aliphatic heterocycles. The molecule has 7 heteroatoms. The molecule has 1 saturated heterocycles. The fourth-order valence-electron chi connectivity index (χ4n) is 2.62. The maximum atomic E-state index is 13.5. The first kappa shape index (κ1) is 17.6. The minimum atomic E-state index is -0.802. The molecule has 0 spiro atoms. The molecule has 0 bridgehead atoms. The van der Waals surface area contributed by atoms with Crippen LogP contribution in [0.2, 0.25) is 0 Å². The molecule has 0 unspecified atom stereocenters. The average molecular weight is 327 g/mol. The van der Waals surface area contributed by atoms with E-state index in [2.05, 4.69) is 15.5 Å². The van der Waals surface area contributed by atoms with Gasteiger partial charge in [0, 0.05) is 31.7 Å². The number of aliphatic hydroxyl groups excluding tert-OH is 1. The summed E-state index contributed by atoms with van der Waals surface area (Å²) in [6, 6.07) is 2.53. The molecular formula is C16H23F2N3O2. The molecule has 23 heavy (non-hydrogen) atoms. The highest BCUT2D eigenvalue weighted by molar-refractivity contribution is 5.89. The number of anilines is 1. The number of amides is 2. The Labute approximate surface area is 134 Å². The van der Waals surface area contributed by atoms with Crippen molar-refractivity contribution in [2.75, 3.05) is 25.0 Å². The van der Waals surface area contributed by atoms with Crippen molar-refractivity contribution in [3.05, 3.63) is 29.8 Å². The van der Waals surface area contributed by atoms with Crippen LogP contribution in [-0.2, 0) is 0 Å². The number of nitrogens with zero attached hydrogens (tertiary/aromatic N) is 1. The summed E-state index contributed by atoms with van der Waals surface area (Å²) in [5, 5.41) is 14.8. The van der Waals surface area contributed by atoms with Gasteiger partial charge in [-0.1, -0.05) is 6.92 Å². The molecule has 0 aliphatic carbocycles. The summed E-state index contributed by atoms with van der Waals surface area (Å²) >= 11 is 0. The van der Waals surface area contributed by atoms with Gasteiger partial charge in [-0.3, -0.25) is 0 Å². The molecule has 0 aromatic heterocycles. The zero-order valence-electron chi connectivity index (χ0n) is 13.2. The van der Waals surface area contributed by atoms with E-state index in [-0.39, 0.29) is 17.8 Å². The number of carbonyl (C=O) groups excluding carboxylic acids is 1. The Morgan fingerprint density at radius 1 is 1.39 bits per heavy atom. The molecule has 2 amide bonds. The van der Waals surface area contributed by atoms with Crippen LogP contribution in [0.3, 0.4) is 0 Å². The van der Waals surface area contributed by atoms with Gasteiger partial charge in [-0.15, -0.1) is 0 Å². The van der Waals surface area contributed by atoms with E-state index in [0.29, 0.717) is 6.54 Å². The van der Waals surface area contributed by atoms with Crippen molar-refractivity contribution in [1.29, 1.82) is 0 Å². The van der Waals surface area contributed by atoms with Crippen molar-refractivity contribution in [3.8, 4) is 0 Å². The molecule has 1 fully saturated rings. The van der Waals surface area contributed by atoms with Crippen molar-refractivity contribution in [1.82, 2.24) is 10.2 Å². The smallest absolute Gasteiger partial charge is 0.319 e. The molecule has 1 aliphatic rings. The topological polar surface area (TPSA) is 64.6 Å². The summed E-state index contributed by atoms with van der Waals surface area (Å²) in [4.78, 5) is 14.1. The van der Waals surface area contributed by atoms with Crippen LogP contribution in [0.5, 0.6) is 0 Å². The van der Waals surface area contributed by atoms with Gasteiger partial charge in [-0.05, 0) is 31.4 Å². The van der Waals surface area contributed by atoms with E-state index in [4.69, 9.17) is 0 Å². The highest BCUT2D eigenvalue weighted by Gasteiger charge is 2.22. The van der Waals surface area contributed by atoms with Gasteiger partial charge in [0.25, 0.3) is 0 Å². The Hall–Kier alpha value is -1.73. The quantitative estimate of drug-likeness (QED) is 0.778. The highest BCUT2D eigenvalue weighted by Crippen LogP contribution is 2.15. The van der Waals surface area contributed by atoms with Gasteiger partial charge in [-0.25, -0.2) is 13.6 Å². The van der Waals surface area contributed by atoms with Crippen molar-refractivity contribution in [2.24, 2.45) is 0 Å². The predicted molar refractivity (Wildman–Crippen MR) is 84.3 cm³/mol. The van der Waals surface area contributed by atoms with E-state index in [1.165, 1.54) is 6.07 Å². The summed E-state index contributed by atoms with van der Waals surface area (Å²) in [5.41, 5.74) is -0.0487. The van der Waals surface area contributed by atoms with Gasteiger partial charge >= 0.3 is 6.03 Å². The Bertz CT molecular complexity index is 534. The second kappa shape index (κ2) is 8.21. The molecule has 1 heterocycles. The van der Waals surface area contributed by atoms with Gasteiger partial charge in [-0.2, -0.15) is 0 Å². The summed E-state index contributed by atoms with van der Waals surface area (Å²) in [7, 11) is 0. The fourth-order valence-corrected chi connectivity index (χ4v) is 2.62. The number of piperidine rings is 1. The lowest BCUT2D eigenvalue weighted by atomic mass is 10.0. The van der Waals surface area contributed by atoms with Crippen LogP contribution in [0.4, 0.5) is 19.3 Å². The molecule has 2 rings (SSSR count). The monoisotopic (exact) mass is 327 g/mol. The SMILES string of the molecule is CC[C@H](O)CN1CCC(NC(=O)Nc2ccc(F)cc2F)CC1. The predicted octanol–water partition coefficient (Wildman–Crippen LogP) is 2.32. The summed E-state index contributed by atoms with van der Waals surface area (Å²) < 4.78 is 26.3. The summed E-state index contributed by atoms with van der Waals surface area (Å²) in [5.74, 6) is -1.49. The van der Waals surface area contributed by atoms with Crippen molar-refractivity contribution in [2.45, 2.75) is 38.3 Å². The van der Waals surface area contributed by atoms with E-state index in [1.54, 1.807) is 0 Å². The lowest BCUT2D eigenvalue weighted by molar-refractivity contribution is 0.0925. The third kappa shape index (κ3) is 5.44. The van der Waals surface area contributed by atoms with E-state index < -0.39 is 17.7 Å². The van der Waals surface area contributed by atoms with E-state index in [9.17, 15) is 18.7 Å². The van der Waals surface area contributed by atoms with Gasteiger partial charge in [0.15, 0.2) is 0 Å². The second-order valence-electron chi connectivity index (χ2n) is 5.86. The molecule has 0 saturated carbocycles. The van der Waals surface area contributed by atoms with Gasteiger partial charge in [0.05, 0.1) is 11.8 Å². The summed E-state index contributed by atoms with van der Waals surface area (Å²) in [6.07, 6.45) is 1.96. The van der Waals surface area contributed by atoms with Gasteiger partial charge in [0.2, 0.25) is 0 Å². The van der Waals surface area contributed by atoms with Gasteiger partial charge in [0.1, 0.15) is 11.6 Å². The van der Waals surface area contributed by atoms with E-state index in [0.717, 1.165) is 44.5 Å². The molecule has 0 radical (unpaired) electrons. The molecule has 128 valence electrons. The number of rotatable bonds is 5. The van der Waals surface area contributed by atoms with Crippen LogP contribution in [0, 0.1) is 11.6 Å². The fraction of sp³-hybridized carbons (Fsp3) is 0.562. The standard InChI is InChI=1S/C16H23F2N3O2/c1-2-13(22)10-21-7-5-12(6-8-21)19-16(23)20-15-4-3-11(17)9-14(15)18/h3-4,9,12-13,22H,2,5-8,10H2,1H3,(H2,19,20,23)/t13-/m0/s1. The minimum absolute atomic E-state index is 0.00790. The molecule has 1 aromatic rings. The van der Waals surface area contributed by atoms with Crippen molar-refractivity contribution in [3.63, 3.8) is 0 Å². The zero-order valence-corrected chi connectivity index (χ0v) is 13.2. The van der Waals surface area contributed by atoms with Crippen LogP contribution < -0.4 is 10.6 Å². The average Bonchev–Trinajstić information content (AvgIpc) is 2.52. The lowest BCUT2D eigenvalue weighted by Gasteiger charge is -2.33. The number of hydrogen-bond acceptors (Lipinski definition) is 3. The van der Waals surface area contributed by atoms with Crippen molar-refractivity contribution < 1.29 is 18.7 Å². The molecule has 1 aromatic carbocycles. The van der Waals surface area contributed by atoms with Crippen LogP contribution in [-0.4, -0.2) is 47.8 Å². The number of aliphatic hydroxyl groups is 1. The van der Waals surface area contributed by atoms with Gasteiger partial charge < -0.3 is 20.6 Å². The zero-order chi connectivity index (χ0) is 16.8. The first-order chi connectivity index (χ1) is 11.0. The Balaban J connectivity index is 1.76. The summed E-state index contributed by atoms with van der Waals surface area (Å²) in [6.45, 7) is 4.19. The molecule has 1 atom stereocenters. The Morgan fingerprint density at radius 3 is 2.70 bits per heavy atom. The highest BCUT2D eigenvalue weighted by atomic mass is 19.1. The number of nitrogens with one attached hydrogen (secondary N) is 2. The van der Waals surface area contributed by atoms with E-state index >= 15 is 0 Å². The number of halogens is 2. The first-order valence-electron chi connectivity index (χ1n) is 7.91. The first-order valence-corrected chi connectivity index (χ1v) is 7.91. The molecule has 3 N–H and O–H groups in total. The Morgan fingerprint density at radius 2 is 2.09 bits per heavy atom. The van der Waals surface area contributed by atoms with Crippen LogP contribution in [0.25, 0.3) is 0 Å². The normalized spacial score (nSPS) is 17.7. The third-order valence-electron chi connectivity index (χ3n) is 4.04. The largest absolute Gasteiger partial charge is 0.392 e. The minimum Gasteiger partial charge on any atom is -0.392 e. The Kier molecular flexibility index (Phi) is 6.29. The van der Waals surface area contributed by atoms with E-state index in [1.807, 2.05) is 6.92 Å². The van der Waals surface area contributed by atoms with Crippen LogP contribution in [0.1, 0.15) is 26.2 Å². The number of β-amino-alcohol motifs (C(OH)–C–C–N with tert-alkyl or cyclic N) is 1. The van der Waals surface area contributed by atoms with Crippen LogP contribution in [0.15, 0.2) is 18.2 Å².